The average molecular weight is 419 g/mol. The van der Waals surface area contributed by atoms with Crippen molar-refractivity contribution in [2.45, 2.75) is 33.6 Å². The van der Waals surface area contributed by atoms with Gasteiger partial charge in [-0.15, -0.1) is 5.10 Å². The number of anilines is 1. The van der Waals surface area contributed by atoms with Crippen LogP contribution in [0.15, 0.2) is 36.5 Å². The monoisotopic (exact) mass is 418 g/mol. The molecule has 0 aliphatic heterocycles. The smallest absolute Gasteiger partial charge is 0.242 e. The molecule has 160 valence electrons. The third kappa shape index (κ3) is 3.88. The van der Waals surface area contributed by atoms with E-state index >= 15 is 0 Å². The Morgan fingerprint density at radius 2 is 2.00 bits per heavy atom. The number of benzene rings is 1. The number of aromatic nitrogens is 5. The van der Waals surface area contributed by atoms with Crippen LogP contribution in [0.2, 0.25) is 0 Å². The summed E-state index contributed by atoms with van der Waals surface area (Å²) >= 11 is 0. The molecule has 4 rings (SSSR count). The molecule has 0 aliphatic rings. The molecule has 0 spiro atoms. The summed E-state index contributed by atoms with van der Waals surface area (Å²) in [6.45, 7) is 5.99. The molecule has 8 nitrogen and oxygen atoms in total. The first-order valence-electron chi connectivity index (χ1n) is 10.2. The van der Waals surface area contributed by atoms with Crippen molar-refractivity contribution in [1.82, 2.24) is 24.5 Å². The van der Waals surface area contributed by atoms with Crippen molar-refractivity contribution in [1.29, 1.82) is 0 Å². The Hall–Kier alpha value is -3.68. The highest BCUT2D eigenvalue weighted by atomic mass is 16.5. The summed E-state index contributed by atoms with van der Waals surface area (Å²) < 4.78 is 8.98. The van der Waals surface area contributed by atoms with Gasteiger partial charge in [-0.3, -0.25) is 4.79 Å². The first kappa shape index (κ1) is 20.6. The van der Waals surface area contributed by atoms with Gasteiger partial charge in [-0.2, -0.15) is 5.10 Å². The zero-order valence-electron chi connectivity index (χ0n) is 18.4. The number of methoxy groups -OCH3 is 1. The lowest BCUT2D eigenvalue weighted by Crippen LogP contribution is -2.14. The molecule has 31 heavy (non-hydrogen) atoms. The maximum atomic E-state index is 12.7. The van der Waals surface area contributed by atoms with Crippen molar-refractivity contribution in [3.63, 3.8) is 0 Å². The number of carbonyl (C=O) groups excluding carboxylic acids is 1. The van der Waals surface area contributed by atoms with Crippen LogP contribution < -0.4 is 10.1 Å². The fourth-order valence-electron chi connectivity index (χ4n) is 3.92. The normalized spacial score (nSPS) is 11.1. The summed E-state index contributed by atoms with van der Waals surface area (Å²) in [6.07, 6.45) is 2.69. The van der Waals surface area contributed by atoms with E-state index in [1.807, 2.05) is 62.8 Å². The lowest BCUT2D eigenvalue weighted by atomic mass is 10.00. The fourth-order valence-corrected chi connectivity index (χ4v) is 3.92. The zero-order valence-corrected chi connectivity index (χ0v) is 18.4. The number of nitrogens with one attached hydrogen (secondary N) is 1. The number of amides is 1. The Labute approximate surface area is 180 Å². The van der Waals surface area contributed by atoms with Gasteiger partial charge in [0.1, 0.15) is 0 Å². The van der Waals surface area contributed by atoms with E-state index in [0.29, 0.717) is 18.7 Å². The molecule has 0 aliphatic carbocycles. The van der Waals surface area contributed by atoms with Crippen molar-refractivity contribution in [3.8, 4) is 11.6 Å². The van der Waals surface area contributed by atoms with Crippen LogP contribution in [-0.4, -0.2) is 37.6 Å². The van der Waals surface area contributed by atoms with E-state index in [1.165, 1.54) is 0 Å². The minimum atomic E-state index is -0.0496. The minimum absolute atomic E-state index is 0.0496. The van der Waals surface area contributed by atoms with Gasteiger partial charge in [-0.25, -0.2) is 14.3 Å². The van der Waals surface area contributed by atoms with Gasteiger partial charge in [0, 0.05) is 36.7 Å². The van der Waals surface area contributed by atoms with Crippen molar-refractivity contribution in [3.05, 3.63) is 59.0 Å². The predicted molar refractivity (Wildman–Crippen MR) is 120 cm³/mol. The second-order valence-electron chi connectivity index (χ2n) is 7.62. The van der Waals surface area contributed by atoms with Crippen LogP contribution in [0.5, 0.6) is 5.88 Å². The maximum Gasteiger partial charge on any atom is 0.242 e. The molecule has 0 atom stereocenters. The summed E-state index contributed by atoms with van der Waals surface area (Å²) in [7, 11) is 3.45. The van der Waals surface area contributed by atoms with Crippen LogP contribution in [0.4, 0.5) is 5.69 Å². The zero-order chi connectivity index (χ0) is 22.1. The number of nitrogens with zero attached hydrogens (tertiary/aromatic N) is 5. The second kappa shape index (κ2) is 8.22. The Bertz CT molecular complexity index is 1270. The second-order valence-corrected chi connectivity index (χ2v) is 7.62. The molecular formula is C23H26N6O2. The Balaban J connectivity index is 1.51. The standard InChI is InChI=1S/C23H26N6O2/c1-14-11-12-24-29(14)18-8-6-7-17(13-18)26-20(30)10-9-19-15(2)21-22(25-16(19)3)28(4)27-23(21)31-5/h6-8,11-13H,9-10H2,1-5H3,(H,26,30). The highest BCUT2D eigenvalue weighted by Gasteiger charge is 2.18. The third-order valence-corrected chi connectivity index (χ3v) is 5.52. The molecule has 0 unspecified atom stereocenters. The van der Waals surface area contributed by atoms with Gasteiger partial charge in [-0.1, -0.05) is 6.07 Å². The average Bonchev–Trinajstić information content (AvgIpc) is 3.31. The van der Waals surface area contributed by atoms with Crippen LogP contribution in [0, 0.1) is 20.8 Å². The van der Waals surface area contributed by atoms with Gasteiger partial charge in [0.05, 0.1) is 18.2 Å². The van der Waals surface area contributed by atoms with E-state index in [1.54, 1.807) is 18.0 Å². The van der Waals surface area contributed by atoms with Crippen LogP contribution in [-0.2, 0) is 18.3 Å². The number of rotatable bonds is 6. The summed E-state index contributed by atoms with van der Waals surface area (Å²) in [4.78, 5) is 17.4. The summed E-state index contributed by atoms with van der Waals surface area (Å²) in [5.74, 6) is 0.505. The van der Waals surface area contributed by atoms with Crippen molar-refractivity contribution < 1.29 is 9.53 Å². The number of pyridine rings is 1. The third-order valence-electron chi connectivity index (χ3n) is 5.52. The molecule has 0 fully saturated rings. The Morgan fingerprint density at radius 3 is 2.71 bits per heavy atom. The van der Waals surface area contributed by atoms with Crippen LogP contribution >= 0.6 is 0 Å². The van der Waals surface area contributed by atoms with Gasteiger partial charge in [-0.05, 0) is 62.6 Å². The molecule has 8 heteroatoms. The SMILES string of the molecule is COc1nn(C)c2nc(C)c(CCC(=O)Nc3cccc(-n4nccc4C)c3)c(C)c12. The Morgan fingerprint density at radius 1 is 1.19 bits per heavy atom. The molecule has 3 heterocycles. The first-order valence-corrected chi connectivity index (χ1v) is 10.2. The van der Waals surface area contributed by atoms with Crippen LogP contribution in [0.25, 0.3) is 16.7 Å². The maximum absolute atomic E-state index is 12.7. The molecule has 0 saturated carbocycles. The van der Waals surface area contributed by atoms with E-state index in [2.05, 4.69) is 15.5 Å². The van der Waals surface area contributed by atoms with Crippen molar-refractivity contribution in [2.75, 3.05) is 12.4 Å². The van der Waals surface area contributed by atoms with Crippen molar-refractivity contribution >= 4 is 22.6 Å². The molecular weight excluding hydrogens is 392 g/mol. The Kier molecular flexibility index (Phi) is 5.46. The number of aryl methyl sites for hydroxylation is 4. The number of hydrogen-bond donors (Lipinski definition) is 1. The first-order chi connectivity index (χ1) is 14.9. The minimum Gasteiger partial charge on any atom is -0.479 e. The lowest BCUT2D eigenvalue weighted by Gasteiger charge is -2.12. The molecule has 0 saturated heterocycles. The van der Waals surface area contributed by atoms with Gasteiger partial charge in [0.2, 0.25) is 11.8 Å². The number of hydrogen-bond acceptors (Lipinski definition) is 5. The largest absolute Gasteiger partial charge is 0.479 e. The number of ether oxygens (including phenoxy) is 1. The van der Waals surface area contributed by atoms with E-state index in [9.17, 15) is 4.79 Å². The summed E-state index contributed by atoms with van der Waals surface area (Å²) in [6, 6.07) is 9.61. The molecule has 3 aromatic heterocycles. The molecule has 0 bridgehead atoms. The van der Waals surface area contributed by atoms with Crippen molar-refractivity contribution in [2.24, 2.45) is 7.05 Å². The van der Waals surface area contributed by atoms with Crippen LogP contribution in [0.1, 0.15) is 28.9 Å². The van der Waals surface area contributed by atoms with E-state index in [4.69, 9.17) is 9.72 Å². The molecule has 1 aromatic carbocycles. The molecule has 0 radical (unpaired) electrons. The van der Waals surface area contributed by atoms with Crippen LogP contribution in [0.3, 0.4) is 0 Å². The quantitative estimate of drug-likeness (QED) is 0.516. The molecule has 1 amide bonds. The number of carbonyl (C=O) groups is 1. The predicted octanol–water partition coefficient (Wildman–Crippen LogP) is 3.66. The summed E-state index contributed by atoms with van der Waals surface area (Å²) in [5.41, 5.74) is 6.47. The lowest BCUT2D eigenvalue weighted by molar-refractivity contribution is -0.116. The van der Waals surface area contributed by atoms with E-state index < -0.39 is 0 Å². The van der Waals surface area contributed by atoms with E-state index in [-0.39, 0.29) is 5.91 Å². The fraction of sp³-hybridized carbons (Fsp3) is 0.304. The molecule has 4 aromatic rings. The highest BCUT2D eigenvalue weighted by molar-refractivity contribution is 5.91. The van der Waals surface area contributed by atoms with Gasteiger partial charge in [0.25, 0.3) is 0 Å². The van der Waals surface area contributed by atoms with Gasteiger partial charge >= 0.3 is 0 Å². The summed E-state index contributed by atoms with van der Waals surface area (Å²) in [5, 5.41) is 12.6. The topological polar surface area (TPSA) is 86.9 Å². The number of fused-ring (bicyclic) bond motifs is 1. The van der Waals surface area contributed by atoms with Gasteiger partial charge < -0.3 is 10.1 Å². The van der Waals surface area contributed by atoms with E-state index in [0.717, 1.165) is 44.9 Å². The van der Waals surface area contributed by atoms with Gasteiger partial charge in [0.15, 0.2) is 5.65 Å². The molecule has 1 N–H and O–H groups in total. The highest BCUT2D eigenvalue weighted by Crippen LogP contribution is 2.30.